The molecule has 1 aromatic rings. The summed E-state index contributed by atoms with van der Waals surface area (Å²) < 4.78 is 5.67. The number of hydrogen-bond donors (Lipinski definition) is 1. The van der Waals surface area contributed by atoms with Crippen molar-refractivity contribution in [3.63, 3.8) is 0 Å². The molecule has 0 atom stereocenters. The number of amides is 1. The normalized spacial score (nSPS) is 10.2. The van der Waals surface area contributed by atoms with Gasteiger partial charge in [-0.15, -0.1) is 0 Å². The molecule has 0 saturated heterocycles. The van der Waals surface area contributed by atoms with Gasteiger partial charge in [-0.2, -0.15) is 0 Å². The second-order valence-corrected chi connectivity index (χ2v) is 4.27. The Bertz CT molecular complexity index is 378. The lowest BCUT2D eigenvalue weighted by Crippen LogP contribution is -2.23. The Balaban J connectivity index is 2.48. The average Bonchev–Trinajstić information content (AvgIpc) is 2.37. The highest BCUT2D eigenvalue weighted by Gasteiger charge is 2.06. The lowest BCUT2D eigenvalue weighted by molar-refractivity contribution is -0.129. The monoisotopic (exact) mass is 250 g/mol. The van der Waals surface area contributed by atoms with E-state index in [2.05, 4.69) is 12.2 Å². The molecule has 18 heavy (non-hydrogen) atoms. The maximum absolute atomic E-state index is 11.4. The van der Waals surface area contributed by atoms with Crippen LogP contribution in [0.25, 0.3) is 0 Å². The first-order chi connectivity index (χ1) is 8.65. The SMILES string of the molecule is CCNCc1ccccc1OCCC(=O)N(C)C. The number of hydrogen-bond acceptors (Lipinski definition) is 3. The lowest BCUT2D eigenvalue weighted by atomic mass is 10.2. The summed E-state index contributed by atoms with van der Waals surface area (Å²) in [5, 5.41) is 3.27. The van der Waals surface area contributed by atoms with Crippen molar-refractivity contribution in [3.05, 3.63) is 29.8 Å². The first-order valence-electron chi connectivity index (χ1n) is 6.26. The van der Waals surface area contributed by atoms with E-state index in [0.717, 1.165) is 24.4 Å². The molecule has 0 radical (unpaired) electrons. The number of benzene rings is 1. The third kappa shape index (κ3) is 4.75. The Labute approximate surface area is 109 Å². The zero-order valence-corrected chi connectivity index (χ0v) is 11.4. The Hall–Kier alpha value is -1.55. The van der Waals surface area contributed by atoms with Crippen LogP contribution >= 0.6 is 0 Å². The van der Waals surface area contributed by atoms with Gasteiger partial charge in [0.05, 0.1) is 13.0 Å². The molecule has 1 aromatic carbocycles. The smallest absolute Gasteiger partial charge is 0.225 e. The molecule has 4 heteroatoms. The van der Waals surface area contributed by atoms with Crippen LogP contribution in [-0.2, 0) is 11.3 Å². The van der Waals surface area contributed by atoms with E-state index in [9.17, 15) is 4.79 Å². The molecule has 0 aromatic heterocycles. The second-order valence-electron chi connectivity index (χ2n) is 4.27. The van der Waals surface area contributed by atoms with Crippen molar-refractivity contribution in [1.82, 2.24) is 10.2 Å². The fourth-order valence-electron chi connectivity index (χ4n) is 1.52. The van der Waals surface area contributed by atoms with E-state index in [4.69, 9.17) is 4.74 Å². The molecule has 100 valence electrons. The summed E-state index contributed by atoms with van der Waals surface area (Å²) in [7, 11) is 3.50. The molecular formula is C14H22N2O2. The molecule has 0 unspecified atom stereocenters. The zero-order chi connectivity index (χ0) is 13.4. The van der Waals surface area contributed by atoms with Gasteiger partial charge in [0, 0.05) is 26.2 Å². The molecular weight excluding hydrogens is 228 g/mol. The molecule has 0 saturated carbocycles. The Kier molecular flexibility index (Phi) is 6.22. The van der Waals surface area contributed by atoms with Gasteiger partial charge in [-0.3, -0.25) is 4.79 Å². The number of nitrogens with one attached hydrogen (secondary N) is 1. The van der Waals surface area contributed by atoms with Gasteiger partial charge in [-0.25, -0.2) is 0 Å². The molecule has 0 aliphatic heterocycles. The summed E-state index contributed by atoms with van der Waals surface area (Å²) in [4.78, 5) is 13.0. The van der Waals surface area contributed by atoms with Gasteiger partial charge < -0.3 is 15.0 Å². The Morgan fingerprint density at radius 1 is 1.33 bits per heavy atom. The molecule has 0 fully saturated rings. The molecule has 0 spiro atoms. The van der Waals surface area contributed by atoms with Crippen LogP contribution in [-0.4, -0.2) is 38.1 Å². The Morgan fingerprint density at radius 2 is 2.06 bits per heavy atom. The summed E-state index contributed by atoms with van der Waals surface area (Å²) in [6, 6.07) is 7.90. The molecule has 0 aliphatic rings. The van der Waals surface area contributed by atoms with Crippen LogP contribution in [0.4, 0.5) is 0 Å². The molecule has 4 nitrogen and oxygen atoms in total. The van der Waals surface area contributed by atoms with Crippen LogP contribution in [0.2, 0.25) is 0 Å². The van der Waals surface area contributed by atoms with Crippen molar-refractivity contribution in [2.24, 2.45) is 0 Å². The summed E-state index contributed by atoms with van der Waals surface area (Å²) in [6.07, 6.45) is 0.405. The predicted octanol–water partition coefficient (Wildman–Crippen LogP) is 1.65. The standard InChI is InChI=1S/C14H22N2O2/c1-4-15-11-12-7-5-6-8-13(12)18-10-9-14(17)16(2)3/h5-8,15H,4,9-11H2,1-3H3. The maximum atomic E-state index is 11.4. The van der Waals surface area contributed by atoms with Crippen LogP contribution in [0.5, 0.6) is 5.75 Å². The van der Waals surface area contributed by atoms with Crippen LogP contribution < -0.4 is 10.1 Å². The van der Waals surface area contributed by atoms with Gasteiger partial charge in [0.1, 0.15) is 5.75 Å². The number of nitrogens with zero attached hydrogens (tertiary/aromatic N) is 1. The molecule has 1 N–H and O–H groups in total. The molecule has 0 heterocycles. The first kappa shape index (κ1) is 14.5. The highest BCUT2D eigenvalue weighted by molar-refractivity contribution is 5.75. The van der Waals surface area contributed by atoms with E-state index in [-0.39, 0.29) is 5.91 Å². The maximum Gasteiger partial charge on any atom is 0.225 e. The van der Waals surface area contributed by atoms with Crippen LogP contribution in [0, 0.1) is 0 Å². The van der Waals surface area contributed by atoms with Crippen molar-refractivity contribution >= 4 is 5.91 Å². The van der Waals surface area contributed by atoms with E-state index >= 15 is 0 Å². The van der Waals surface area contributed by atoms with Crippen molar-refractivity contribution in [2.75, 3.05) is 27.2 Å². The molecule has 0 bridgehead atoms. The summed E-state index contributed by atoms with van der Waals surface area (Å²) in [6.45, 7) is 4.20. The lowest BCUT2D eigenvalue weighted by Gasteiger charge is -2.13. The molecule has 1 amide bonds. The van der Waals surface area contributed by atoms with Crippen molar-refractivity contribution in [1.29, 1.82) is 0 Å². The number of ether oxygens (including phenoxy) is 1. The van der Waals surface area contributed by atoms with Gasteiger partial charge in [0.15, 0.2) is 0 Å². The number of para-hydroxylation sites is 1. The van der Waals surface area contributed by atoms with Crippen LogP contribution in [0.3, 0.4) is 0 Å². The highest BCUT2D eigenvalue weighted by atomic mass is 16.5. The first-order valence-corrected chi connectivity index (χ1v) is 6.26. The quantitative estimate of drug-likeness (QED) is 0.800. The number of rotatable bonds is 7. The molecule has 0 aliphatic carbocycles. The van der Waals surface area contributed by atoms with Crippen molar-refractivity contribution in [3.8, 4) is 5.75 Å². The van der Waals surface area contributed by atoms with E-state index in [1.54, 1.807) is 19.0 Å². The number of carbonyl (C=O) groups excluding carboxylic acids is 1. The largest absolute Gasteiger partial charge is 0.493 e. The zero-order valence-electron chi connectivity index (χ0n) is 11.4. The summed E-state index contributed by atoms with van der Waals surface area (Å²) >= 11 is 0. The topological polar surface area (TPSA) is 41.6 Å². The van der Waals surface area contributed by atoms with Crippen molar-refractivity contribution in [2.45, 2.75) is 19.9 Å². The summed E-state index contributed by atoms with van der Waals surface area (Å²) in [5.41, 5.74) is 1.12. The van der Waals surface area contributed by atoms with Crippen molar-refractivity contribution < 1.29 is 9.53 Å². The average molecular weight is 250 g/mol. The van der Waals surface area contributed by atoms with Crippen LogP contribution in [0.15, 0.2) is 24.3 Å². The third-order valence-electron chi connectivity index (χ3n) is 2.61. The number of carbonyl (C=O) groups is 1. The van der Waals surface area contributed by atoms with Gasteiger partial charge in [0.25, 0.3) is 0 Å². The van der Waals surface area contributed by atoms with Gasteiger partial charge in [-0.05, 0) is 12.6 Å². The minimum atomic E-state index is 0.0826. The minimum Gasteiger partial charge on any atom is -0.493 e. The van der Waals surface area contributed by atoms with E-state index in [0.29, 0.717) is 13.0 Å². The van der Waals surface area contributed by atoms with Gasteiger partial charge in [0.2, 0.25) is 5.91 Å². The minimum absolute atomic E-state index is 0.0826. The third-order valence-corrected chi connectivity index (χ3v) is 2.61. The van der Waals surface area contributed by atoms with Gasteiger partial charge in [-0.1, -0.05) is 25.1 Å². The fraction of sp³-hybridized carbons (Fsp3) is 0.500. The van der Waals surface area contributed by atoms with E-state index < -0.39 is 0 Å². The highest BCUT2D eigenvalue weighted by Crippen LogP contribution is 2.17. The van der Waals surface area contributed by atoms with Gasteiger partial charge >= 0.3 is 0 Å². The fourth-order valence-corrected chi connectivity index (χ4v) is 1.52. The second kappa shape index (κ2) is 7.71. The Morgan fingerprint density at radius 3 is 2.72 bits per heavy atom. The predicted molar refractivity (Wildman–Crippen MR) is 72.6 cm³/mol. The van der Waals surface area contributed by atoms with Crippen LogP contribution in [0.1, 0.15) is 18.9 Å². The summed E-state index contributed by atoms with van der Waals surface area (Å²) in [5.74, 6) is 0.934. The van der Waals surface area contributed by atoms with E-state index in [1.165, 1.54) is 0 Å². The van der Waals surface area contributed by atoms with E-state index in [1.807, 2.05) is 24.3 Å². The molecule has 1 rings (SSSR count).